The minimum atomic E-state index is -0.985. The molecule has 2 amide bonds. The van der Waals surface area contributed by atoms with Crippen LogP contribution in [0.1, 0.15) is 44.1 Å². The highest BCUT2D eigenvalue weighted by Crippen LogP contribution is 2.52. The second-order valence-electron chi connectivity index (χ2n) is 9.66. The summed E-state index contributed by atoms with van der Waals surface area (Å²) in [6, 6.07) is 10.2. The number of likely N-dealkylation sites (tertiary alicyclic amines) is 1. The van der Waals surface area contributed by atoms with Gasteiger partial charge in [0.05, 0.1) is 14.2 Å². The Kier molecular flexibility index (Phi) is 6.10. The molecule has 34 heavy (non-hydrogen) atoms. The molecule has 2 aromatic carbocycles. The van der Waals surface area contributed by atoms with E-state index >= 15 is 0 Å². The average molecular weight is 472 g/mol. The van der Waals surface area contributed by atoms with Crippen molar-refractivity contribution in [1.82, 2.24) is 10.2 Å². The Bertz CT molecular complexity index is 1080. The fourth-order valence-electron chi connectivity index (χ4n) is 5.97. The molecule has 5 rings (SSSR count). The second-order valence-corrected chi connectivity index (χ2v) is 9.66. The van der Waals surface area contributed by atoms with Gasteiger partial charge in [-0.05, 0) is 74.9 Å². The molecule has 3 atom stereocenters. The zero-order chi connectivity index (χ0) is 23.9. The molecule has 8 heteroatoms. The van der Waals surface area contributed by atoms with Gasteiger partial charge in [-0.25, -0.2) is 13.6 Å². The number of urea groups is 1. The maximum atomic E-state index is 13.5. The number of hydrogen-bond donors (Lipinski definition) is 2. The lowest BCUT2D eigenvalue weighted by atomic mass is 9.65. The van der Waals surface area contributed by atoms with Crippen LogP contribution in [0, 0.1) is 11.6 Å². The van der Waals surface area contributed by atoms with Crippen molar-refractivity contribution >= 4 is 11.7 Å². The third kappa shape index (κ3) is 4.19. The van der Waals surface area contributed by atoms with Gasteiger partial charge in [0.2, 0.25) is 0 Å². The van der Waals surface area contributed by atoms with E-state index in [4.69, 9.17) is 9.47 Å². The normalized spacial score (nSPS) is 26.6. The number of benzene rings is 2. The zero-order valence-corrected chi connectivity index (χ0v) is 19.6. The van der Waals surface area contributed by atoms with Crippen LogP contribution in [-0.4, -0.2) is 49.8 Å². The maximum absolute atomic E-state index is 13.5. The van der Waals surface area contributed by atoms with E-state index in [1.165, 1.54) is 24.5 Å². The predicted molar refractivity (Wildman–Crippen MR) is 126 cm³/mol. The Balaban J connectivity index is 1.33. The third-order valence-electron chi connectivity index (χ3n) is 7.79. The summed E-state index contributed by atoms with van der Waals surface area (Å²) in [5, 5.41) is 5.70. The van der Waals surface area contributed by atoms with Crippen molar-refractivity contribution in [1.29, 1.82) is 0 Å². The Morgan fingerprint density at radius 3 is 2.50 bits per heavy atom. The van der Waals surface area contributed by atoms with Crippen molar-refractivity contribution < 1.29 is 23.0 Å². The highest BCUT2D eigenvalue weighted by Gasteiger charge is 2.54. The Morgan fingerprint density at radius 2 is 1.79 bits per heavy atom. The summed E-state index contributed by atoms with van der Waals surface area (Å²) in [6.45, 7) is 1.05. The van der Waals surface area contributed by atoms with E-state index in [0.29, 0.717) is 12.1 Å². The molecule has 1 aliphatic heterocycles. The number of rotatable bonds is 6. The minimum absolute atomic E-state index is 0.00270. The van der Waals surface area contributed by atoms with Crippen LogP contribution < -0.4 is 20.1 Å². The molecule has 2 N–H and O–H groups in total. The number of ether oxygens (including phenoxy) is 2. The number of hydrogen-bond acceptors (Lipinski definition) is 4. The van der Waals surface area contributed by atoms with Crippen molar-refractivity contribution in [2.75, 3.05) is 26.1 Å². The molecule has 1 heterocycles. The number of nitrogens with one attached hydrogen (secondary N) is 2. The fourth-order valence-corrected chi connectivity index (χ4v) is 5.97. The number of carbonyl (C=O) groups excluding carboxylic acids is 1. The van der Waals surface area contributed by atoms with E-state index in [0.717, 1.165) is 55.9 Å². The van der Waals surface area contributed by atoms with E-state index < -0.39 is 17.7 Å². The number of halogens is 2. The number of fused-ring (bicyclic) bond motifs is 1. The molecule has 182 valence electrons. The lowest BCUT2D eigenvalue weighted by molar-refractivity contribution is 0.130. The molecule has 0 unspecified atom stereocenters. The van der Waals surface area contributed by atoms with E-state index in [9.17, 15) is 13.6 Å². The lowest BCUT2D eigenvalue weighted by Crippen LogP contribution is -2.53. The summed E-state index contributed by atoms with van der Waals surface area (Å²) >= 11 is 0. The van der Waals surface area contributed by atoms with E-state index in [1.807, 2.05) is 6.07 Å². The molecular formula is C26H31F2N3O3. The van der Waals surface area contributed by atoms with Crippen molar-refractivity contribution in [2.24, 2.45) is 0 Å². The van der Waals surface area contributed by atoms with Gasteiger partial charge in [0, 0.05) is 35.3 Å². The van der Waals surface area contributed by atoms with Gasteiger partial charge in [-0.3, -0.25) is 4.90 Å². The first kappa shape index (κ1) is 22.9. The van der Waals surface area contributed by atoms with Crippen molar-refractivity contribution in [3.63, 3.8) is 0 Å². The van der Waals surface area contributed by atoms with Crippen LogP contribution in [0.4, 0.5) is 19.3 Å². The van der Waals surface area contributed by atoms with Crippen LogP contribution in [0.5, 0.6) is 11.5 Å². The molecule has 0 aromatic heterocycles. The first-order chi connectivity index (χ1) is 16.4. The molecule has 0 spiro atoms. The molecular weight excluding hydrogens is 440 g/mol. The maximum Gasteiger partial charge on any atom is 0.319 e. The van der Waals surface area contributed by atoms with Gasteiger partial charge < -0.3 is 20.1 Å². The van der Waals surface area contributed by atoms with Crippen LogP contribution in [0.2, 0.25) is 0 Å². The van der Waals surface area contributed by atoms with Crippen LogP contribution in [0.25, 0.3) is 0 Å². The minimum Gasteiger partial charge on any atom is -0.493 e. The lowest BCUT2D eigenvalue weighted by Gasteiger charge is -2.45. The smallest absolute Gasteiger partial charge is 0.319 e. The molecule has 0 radical (unpaired) electrons. The van der Waals surface area contributed by atoms with Crippen LogP contribution >= 0.6 is 0 Å². The molecule has 3 aliphatic rings. The Morgan fingerprint density at radius 1 is 1.00 bits per heavy atom. The summed E-state index contributed by atoms with van der Waals surface area (Å²) in [6.07, 6.45) is 6.18. The number of carbonyl (C=O) groups is 1. The highest BCUT2D eigenvalue weighted by atomic mass is 19.2. The molecule has 1 saturated heterocycles. The summed E-state index contributed by atoms with van der Waals surface area (Å²) in [5.41, 5.74) is 1.51. The highest BCUT2D eigenvalue weighted by molar-refractivity contribution is 5.89. The molecule has 0 bridgehead atoms. The summed E-state index contributed by atoms with van der Waals surface area (Å²) in [4.78, 5) is 15.3. The van der Waals surface area contributed by atoms with Gasteiger partial charge in [-0.2, -0.15) is 0 Å². The van der Waals surface area contributed by atoms with Gasteiger partial charge in [0.1, 0.15) is 0 Å². The summed E-state index contributed by atoms with van der Waals surface area (Å²) < 4.78 is 37.7. The van der Waals surface area contributed by atoms with Crippen molar-refractivity contribution in [3.05, 3.63) is 53.6 Å². The Labute approximate surface area is 198 Å². The predicted octanol–water partition coefficient (Wildman–Crippen LogP) is 4.83. The molecule has 2 aliphatic carbocycles. The SMILES string of the molecule is COc1ccc([C@@]23CC[C@H](NC(=O)Nc4ccc(F)c(F)c4)C[C@H]2N(C2CC2)CC3)cc1OC. The topological polar surface area (TPSA) is 62.8 Å². The summed E-state index contributed by atoms with van der Waals surface area (Å²) in [5.74, 6) is -0.461. The Hall–Kier alpha value is -2.87. The van der Waals surface area contributed by atoms with Crippen LogP contribution in [0.15, 0.2) is 36.4 Å². The first-order valence-corrected chi connectivity index (χ1v) is 11.9. The van der Waals surface area contributed by atoms with Gasteiger partial charge >= 0.3 is 6.03 Å². The van der Waals surface area contributed by atoms with Gasteiger partial charge in [0.25, 0.3) is 0 Å². The summed E-state index contributed by atoms with van der Waals surface area (Å²) in [7, 11) is 3.31. The van der Waals surface area contributed by atoms with Crippen molar-refractivity contribution in [3.8, 4) is 11.5 Å². The van der Waals surface area contributed by atoms with Crippen molar-refractivity contribution in [2.45, 2.75) is 62.1 Å². The number of methoxy groups -OCH3 is 2. The molecule has 3 fully saturated rings. The van der Waals surface area contributed by atoms with Gasteiger partial charge in [-0.15, -0.1) is 0 Å². The largest absolute Gasteiger partial charge is 0.493 e. The van der Waals surface area contributed by atoms with Gasteiger partial charge in [-0.1, -0.05) is 6.07 Å². The monoisotopic (exact) mass is 471 g/mol. The number of amides is 2. The molecule has 2 saturated carbocycles. The van der Waals surface area contributed by atoms with Crippen LogP contribution in [0.3, 0.4) is 0 Å². The third-order valence-corrected chi connectivity index (χ3v) is 7.79. The van der Waals surface area contributed by atoms with Gasteiger partial charge in [0.15, 0.2) is 23.1 Å². The molecule has 6 nitrogen and oxygen atoms in total. The number of nitrogens with zero attached hydrogens (tertiary/aromatic N) is 1. The zero-order valence-electron chi connectivity index (χ0n) is 19.6. The van der Waals surface area contributed by atoms with E-state index in [2.05, 4.69) is 27.7 Å². The first-order valence-electron chi connectivity index (χ1n) is 11.9. The fraction of sp³-hybridized carbons (Fsp3) is 0.500. The molecule has 2 aromatic rings. The average Bonchev–Trinajstić information content (AvgIpc) is 3.61. The standard InChI is InChI=1S/C26H31F2N3O3/c1-33-22-8-3-16(13-23(22)34-2)26-10-9-18(15-24(26)31(12-11-26)19-5-6-19)30-25(32)29-17-4-7-20(27)21(28)14-17/h3-4,7-8,13-14,18-19,24H,5-6,9-12,15H2,1-2H3,(H2,29,30,32)/t18-,24+,26-/m0/s1. The van der Waals surface area contributed by atoms with E-state index in [-0.39, 0.29) is 17.1 Å². The second kappa shape index (κ2) is 9.06. The quantitative estimate of drug-likeness (QED) is 0.634. The number of anilines is 1. The van der Waals surface area contributed by atoms with E-state index in [1.54, 1.807) is 14.2 Å². The van der Waals surface area contributed by atoms with Crippen LogP contribution in [-0.2, 0) is 5.41 Å².